The minimum Gasteiger partial charge on any atom is -0.487 e. The first-order valence-corrected chi connectivity index (χ1v) is 6.14. The molecule has 0 amide bonds. The van der Waals surface area contributed by atoms with E-state index in [0.29, 0.717) is 0 Å². The number of hydrogen-bond donors (Lipinski definition) is 0. The number of carbonyl (C=O) groups is 1. The molecule has 1 aromatic carbocycles. The Kier molecular flexibility index (Phi) is 5.95. The van der Waals surface area contributed by atoms with E-state index in [0.717, 1.165) is 12.1 Å². The zero-order valence-electron chi connectivity index (χ0n) is 9.06. The number of carbonyl (C=O) groups excluding carboxylic acids is 1. The molecule has 0 aliphatic rings. The average molecular weight is 346 g/mol. The highest BCUT2D eigenvalue weighted by molar-refractivity contribution is 9.10. The summed E-state index contributed by atoms with van der Waals surface area (Å²) in [6.45, 7) is -1.68. The largest absolute Gasteiger partial charge is 0.487 e. The van der Waals surface area contributed by atoms with Crippen LogP contribution < -0.4 is 4.74 Å². The zero-order chi connectivity index (χ0) is 13.7. The summed E-state index contributed by atoms with van der Waals surface area (Å²) in [5.41, 5.74) is -0.227. The van der Waals surface area contributed by atoms with E-state index in [1.54, 1.807) is 0 Å². The average Bonchev–Trinajstić information content (AvgIpc) is 2.32. The predicted octanol–water partition coefficient (Wildman–Crippen LogP) is 4.04. The summed E-state index contributed by atoms with van der Waals surface area (Å²) in [6, 6.07) is 2.03. The Hall–Kier alpha value is -0.750. The summed E-state index contributed by atoms with van der Waals surface area (Å²) < 4.78 is 43.1. The number of ether oxygens (including phenoxy) is 1. The van der Waals surface area contributed by atoms with Gasteiger partial charge in [0, 0.05) is 6.42 Å². The summed E-state index contributed by atoms with van der Waals surface area (Å²) in [4.78, 5) is 11.1. The maximum Gasteiger partial charge on any atom is 0.256 e. The van der Waals surface area contributed by atoms with Crippen LogP contribution in [0.1, 0.15) is 16.8 Å². The molecular formula is C11H9BrClF3O2. The molecule has 0 heterocycles. The van der Waals surface area contributed by atoms with E-state index in [9.17, 15) is 18.0 Å². The van der Waals surface area contributed by atoms with Crippen molar-refractivity contribution < 1.29 is 22.7 Å². The second-order valence-corrected chi connectivity index (χ2v) is 4.61. The van der Waals surface area contributed by atoms with Crippen molar-refractivity contribution in [3.05, 3.63) is 28.0 Å². The third-order valence-electron chi connectivity index (χ3n) is 2.13. The van der Waals surface area contributed by atoms with Gasteiger partial charge in [0.15, 0.2) is 0 Å². The molecule has 1 aromatic rings. The Balaban J connectivity index is 3.06. The summed E-state index contributed by atoms with van der Waals surface area (Å²) in [6.07, 6.45) is -1.20. The van der Waals surface area contributed by atoms with Crippen molar-refractivity contribution in [1.82, 2.24) is 0 Å². The number of rotatable bonds is 6. The number of alkyl halides is 2. The molecule has 0 N–H and O–H groups in total. The molecule has 7 heteroatoms. The lowest BCUT2D eigenvalue weighted by molar-refractivity contribution is 0.106. The lowest BCUT2D eigenvalue weighted by Gasteiger charge is -2.16. The normalized spacial score (nSPS) is 12.3. The van der Waals surface area contributed by atoms with Gasteiger partial charge in [-0.25, -0.2) is 8.78 Å². The Bertz CT molecular complexity index is 443. The summed E-state index contributed by atoms with van der Waals surface area (Å²) in [7, 11) is 0. The van der Waals surface area contributed by atoms with Crippen LogP contribution in [0.3, 0.4) is 0 Å². The first-order valence-electron chi connectivity index (χ1n) is 4.97. The van der Waals surface area contributed by atoms with Gasteiger partial charge >= 0.3 is 0 Å². The highest BCUT2D eigenvalue weighted by Gasteiger charge is 2.18. The smallest absolute Gasteiger partial charge is 0.256 e. The fourth-order valence-electron chi connectivity index (χ4n) is 1.25. The van der Waals surface area contributed by atoms with E-state index in [4.69, 9.17) is 16.3 Å². The van der Waals surface area contributed by atoms with Crippen molar-refractivity contribution in [1.29, 1.82) is 0 Å². The SMILES string of the molecule is O=C(Cl)c1cc(F)c(Br)cc1OC(CF)CCF. The third-order valence-corrected chi connectivity index (χ3v) is 2.94. The second kappa shape index (κ2) is 6.99. The number of hydrogen-bond acceptors (Lipinski definition) is 2. The fraction of sp³-hybridized carbons (Fsp3) is 0.364. The molecule has 1 atom stereocenters. The van der Waals surface area contributed by atoms with Crippen LogP contribution >= 0.6 is 27.5 Å². The van der Waals surface area contributed by atoms with Crippen LogP contribution in [-0.2, 0) is 0 Å². The van der Waals surface area contributed by atoms with Crippen LogP contribution in [0.2, 0.25) is 0 Å². The molecule has 0 radical (unpaired) electrons. The highest BCUT2D eigenvalue weighted by Crippen LogP contribution is 2.29. The maximum atomic E-state index is 13.2. The predicted molar refractivity (Wildman–Crippen MR) is 65.3 cm³/mol. The van der Waals surface area contributed by atoms with Crippen LogP contribution in [0.5, 0.6) is 5.75 Å². The third kappa shape index (κ3) is 3.88. The van der Waals surface area contributed by atoms with Gasteiger partial charge in [-0.05, 0) is 39.7 Å². The Morgan fingerprint density at radius 1 is 1.44 bits per heavy atom. The first-order chi connectivity index (χ1) is 8.49. The maximum absolute atomic E-state index is 13.2. The molecule has 0 bridgehead atoms. The zero-order valence-corrected chi connectivity index (χ0v) is 11.4. The number of halogens is 5. The minimum absolute atomic E-state index is 0.0389. The van der Waals surface area contributed by atoms with Crippen molar-refractivity contribution in [3.8, 4) is 5.75 Å². The first kappa shape index (κ1) is 15.3. The molecule has 2 nitrogen and oxygen atoms in total. The number of benzene rings is 1. The Morgan fingerprint density at radius 3 is 2.61 bits per heavy atom. The monoisotopic (exact) mass is 344 g/mol. The van der Waals surface area contributed by atoms with Gasteiger partial charge in [0.2, 0.25) is 0 Å². The van der Waals surface area contributed by atoms with E-state index in [2.05, 4.69) is 15.9 Å². The Labute approximate surface area is 115 Å². The van der Waals surface area contributed by atoms with Crippen molar-refractivity contribution in [2.75, 3.05) is 13.3 Å². The van der Waals surface area contributed by atoms with Crippen molar-refractivity contribution >= 4 is 32.8 Å². The van der Waals surface area contributed by atoms with Gasteiger partial charge in [0.05, 0.1) is 16.7 Å². The topological polar surface area (TPSA) is 26.3 Å². The molecule has 0 spiro atoms. The van der Waals surface area contributed by atoms with E-state index >= 15 is 0 Å². The minimum atomic E-state index is -1.04. The lowest BCUT2D eigenvalue weighted by Crippen LogP contribution is -2.20. The lowest BCUT2D eigenvalue weighted by atomic mass is 10.2. The van der Waals surface area contributed by atoms with E-state index in [1.165, 1.54) is 0 Å². The van der Waals surface area contributed by atoms with Crippen LogP contribution in [0.4, 0.5) is 13.2 Å². The fourth-order valence-corrected chi connectivity index (χ4v) is 1.72. The summed E-state index contributed by atoms with van der Waals surface area (Å²) >= 11 is 8.17. The summed E-state index contributed by atoms with van der Waals surface area (Å²) in [5.74, 6) is -0.784. The molecule has 0 fully saturated rings. The summed E-state index contributed by atoms with van der Waals surface area (Å²) in [5, 5.41) is -0.936. The van der Waals surface area contributed by atoms with Crippen molar-refractivity contribution in [2.24, 2.45) is 0 Å². The standard InChI is InChI=1S/C11H9BrClF3O2/c12-8-4-10(18-6(5-15)1-2-14)7(11(13)17)3-9(8)16/h3-4,6H,1-2,5H2. The van der Waals surface area contributed by atoms with Gasteiger partial charge < -0.3 is 4.74 Å². The molecule has 100 valence electrons. The molecule has 0 aromatic heterocycles. The molecule has 18 heavy (non-hydrogen) atoms. The molecule has 1 rings (SSSR count). The Morgan fingerprint density at radius 2 is 2.11 bits per heavy atom. The molecule has 0 aliphatic heterocycles. The van der Waals surface area contributed by atoms with Gasteiger partial charge in [0.25, 0.3) is 5.24 Å². The van der Waals surface area contributed by atoms with Crippen LogP contribution in [0.25, 0.3) is 0 Å². The van der Waals surface area contributed by atoms with Gasteiger partial charge in [-0.1, -0.05) is 0 Å². The molecule has 0 saturated heterocycles. The highest BCUT2D eigenvalue weighted by atomic mass is 79.9. The molecule has 0 aliphatic carbocycles. The van der Waals surface area contributed by atoms with Gasteiger partial charge in [-0.3, -0.25) is 9.18 Å². The van der Waals surface area contributed by atoms with Crippen molar-refractivity contribution in [2.45, 2.75) is 12.5 Å². The molecular weight excluding hydrogens is 336 g/mol. The van der Waals surface area contributed by atoms with Gasteiger partial charge in [-0.2, -0.15) is 0 Å². The van der Waals surface area contributed by atoms with Gasteiger partial charge in [-0.15, -0.1) is 0 Å². The molecule has 1 unspecified atom stereocenters. The second-order valence-electron chi connectivity index (χ2n) is 3.41. The van der Waals surface area contributed by atoms with Crippen molar-refractivity contribution in [3.63, 3.8) is 0 Å². The van der Waals surface area contributed by atoms with E-state index < -0.39 is 30.5 Å². The molecule has 0 saturated carbocycles. The van der Waals surface area contributed by atoms with Crippen LogP contribution in [0.15, 0.2) is 16.6 Å². The quantitative estimate of drug-likeness (QED) is 0.727. The van der Waals surface area contributed by atoms with E-state index in [1.807, 2.05) is 0 Å². The van der Waals surface area contributed by atoms with Crippen LogP contribution in [-0.4, -0.2) is 24.7 Å². The van der Waals surface area contributed by atoms with Gasteiger partial charge in [0.1, 0.15) is 24.3 Å². The van der Waals surface area contributed by atoms with E-state index in [-0.39, 0.29) is 22.2 Å². The van der Waals surface area contributed by atoms with Crippen LogP contribution in [0, 0.1) is 5.82 Å².